The van der Waals surface area contributed by atoms with Gasteiger partial charge in [0, 0.05) is 46.3 Å². The first-order valence-electron chi connectivity index (χ1n) is 10.3. The van der Waals surface area contributed by atoms with Crippen LogP contribution in [0.25, 0.3) is 0 Å². The number of carbonyl (C=O) groups excluding carboxylic acids is 1. The maximum atomic E-state index is 12.2. The maximum absolute atomic E-state index is 12.2. The van der Waals surface area contributed by atoms with Crippen molar-refractivity contribution in [2.75, 3.05) is 46.9 Å². The Morgan fingerprint density at radius 2 is 1.65 bits per heavy atom. The van der Waals surface area contributed by atoms with Gasteiger partial charge in [-0.1, -0.05) is 42.5 Å². The number of nitrogens with one attached hydrogen (secondary N) is 2. The van der Waals surface area contributed by atoms with Crippen molar-refractivity contribution in [3.8, 4) is 5.75 Å². The molecule has 0 spiro atoms. The number of piperazine rings is 1. The first-order chi connectivity index (χ1) is 14.7. The van der Waals surface area contributed by atoms with E-state index in [2.05, 4.69) is 49.7 Å². The van der Waals surface area contributed by atoms with E-state index in [1.165, 1.54) is 5.56 Å². The minimum absolute atomic E-state index is 0. The van der Waals surface area contributed by atoms with Gasteiger partial charge in [0.05, 0.1) is 13.7 Å². The number of halogens is 1. The number of guanidine groups is 1. The van der Waals surface area contributed by atoms with Crippen molar-refractivity contribution in [1.29, 1.82) is 0 Å². The van der Waals surface area contributed by atoms with E-state index in [0.717, 1.165) is 50.0 Å². The minimum atomic E-state index is -0.0605. The lowest BCUT2D eigenvalue weighted by Crippen LogP contribution is -2.53. The molecule has 7 nitrogen and oxygen atoms in total. The Balaban J connectivity index is 0.00000341. The molecule has 1 saturated heterocycles. The molecule has 0 radical (unpaired) electrons. The zero-order valence-electron chi connectivity index (χ0n) is 18.2. The molecule has 0 unspecified atom stereocenters. The maximum Gasteiger partial charge on any atom is 0.239 e. The lowest BCUT2D eigenvalue weighted by Gasteiger charge is -2.36. The van der Waals surface area contributed by atoms with Gasteiger partial charge < -0.3 is 20.3 Å². The topological polar surface area (TPSA) is 69.2 Å². The number of methoxy groups -OCH3 is 1. The molecule has 3 rings (SSSR count). The first-order valence-corrected chi connectivity index (χ1v) is 10.3. The number of rotatable bonds is 7. The van der Waals surface area contributed by atoms with Gasteiger partial charge in [0.2, 0.25) is 5.91 Å². The van der Waals surface area contributed by atoms with Gasteiger partial charge in [-0.2, -0.15) is 0 Å². The Morgan fingerprint density at radius 3 is 2.26 bits per heavy atom. The fourth-order valence-electron chi connectivity index (χ4n) is 3.46. The molecule has 1 amide bonds. The Kier molecular flexibility index (Phi) is 10.6. The van der Waals surface area contributed by atoms with Gasteiger partial charge in [0.25, 0.3) is 0 Å². The molecule has 0 atom stereocenters. The standard InChI is InChI=1S/C23H31N5O2.HI/c1-24-23(26-17-22(29)25-16-19-8-10-21(30-2)11-9-19)28-14-12-27(13-15-28)18-20-6-4-3-5-7-20;/h3-11H,12-18H2,1-2H3,(H,24,26)(H,25,29);1H. The van der Waals surface area contributed by atoms with Crippen molar-refractivity contribution < 1.29 is 9.53 Å². The summed E-state index contributed by atoms with van der Waals surface area (Å²) in [6.07, 6.45) is 0. The molecule has 0 aromatic heterocycles. The second-order valence-corrected chi connectivity index (χ2v) is 7.27. The fraction of sp³-hybridized carbons (Fsp3) is 0.391. The van der Waals surface area contributed by atoms with E-state index in [4.69, 9.17) is 4.74 Å². The predicted molar refractivity (Wildman–Crippen MR) is 135 cm³/mol. The van der Waals surface area contributed by atoms with Gasteiger partial charge in [0.15, 0.2) is 5.96 Å². The van der Waals surface area contributed by atoms with Crippen LogP contribution < -0.4 is 15.4 Å². The Labute approximate surface area is 201 Å². The summed E-state index contributed by atoms with van der Waals surface area (Å²) >= 11 is 0. The van der Waals surface area contributed by atoms with Gasteiger partial charge in [-0.3, -0.25) is 14.7 Å². The van der Waals surface area contributed by atoms with Crippen LogP contribution in [-0.2, 0) is 17.9 Å². The fourth-order valence-corrected chi connectivity index (χ4v) is 3.46. The average molecular weight is 537 g/mol. The Morgan fingerprint density at radius 1 is 0.968 bits per heavy atom. The van der Waals surface area contributed by atoms with E-state index in [0.29, 0.717) is 6.54 Å². The van der Waals surface area contributed by atoms with Crippen LogP contribution in [0.4, 0.5) is 0 Å². The third-order valence-electron chi connectivity index (χ3n) is 5.19. The highest BCUT2D eigenvalue weighted by Crippen LogP contribution is 2.11. The minimum Gasteiger partial charge on any atom is -0.497 e. The van der Waals surface area contributed by atoms with E-state index >= 15 is 0 Å². The molecular weight excluding hydrogens is 505 g/mol. The number of nitrogens with zero attached hydrogens (tertiary/aromatic N) is 3. The normalized spacial score (nSPS) is 14.5. The summed E-state index contributed by atoms with van der Waals surface area (Å²) < 4.78 is 5.15. The van der Waals surface area contributed by atoms with Crippen LogP contribution in [0, 0.1) is 0 Å². The molecule has 2 aromatic rings. The molecule has 168 valence electrons. The van der Waals surface area contributed by atoms with Crippen LogP contribution in [0.15, 0.2) is 59.6 Å². The number of benzene rings is 2. The van der Waals surface area contributed by atoms with Crippen LogP contribution in [0.2, 0.25) is 0 Å². The monoisotopic (exact) mass is 537 g/mol. The summed E-state index contributed by atoms with van der Waals surface area (Å²) in [6, 6.07) is 18.2. The highest BCUT2D eigenvalue weighted by atomic mass is 127. The molecule has 2 aromatic carbocycles. The second kappa shape index (κ2) is 13.2. The van der Waals surface area contributed by atoms with Crippen LogP contribution in [-0.4, -0.2) is 68.5 Å². The lowest BCUT2D eigenvalue weighted by molar-refractivity contribution is -0.120. The number of aliphatic imine (C=N–C) groups is 1. The van der Waals surface area contributed by atoms with Crippen molar-refractivity contribution in [3.05, 3.63) is 65.7 Å². The third-order valence-corrected chi connectivity index (χ3v) is 5.19. The number of carbonyl (C=O) groups is 1. The van der Waals surface area contributed by atoms with Gasteiger partial charge in [-0.05, 0) is 23.3 Å². The molecule has 0 bridgehead atoms. The molecule has 0 saturated carbocycles. The SMILES string of the molecule is CN=C(NCC(=O)NCc1ccc(OC)cc1)N1CCN(Cc2ccccc2)CC1.I. The number of amides is 1. The molecule has 1 fully saturated rings. The van der Waals surface area contributed by atoms with Crippen LogP contribution in [0.3, 0.4) is 0 Å². The molecule has 2 N–H and O–H groups in total. The highest BCUT2D eigenvalue weighted by molar-refractivity contribution is 14.0. The van der Waals surface area contributed by atoms with Gasteiger partial charge in [-0.15, -0.1) is 24.0 Å². The number of hydrogen-bond acceptors (Lipinski definition) is 4. The van der Waals surface area contributed by atoms with Crippen LogP contribution in [0.1, 0.15) is 11.1 Å². The summed E-state index contributed by atoms with van der Waals surface area (Å²) in [5, 5.41) is 6.11. The summed E-state index contributed by atoms with van der Waals surface area (Å²) in [5.74, 6) is 1.52. The number of hydrogen-bond donors (Lipinski definition) is 2. The van der Waals surface area contributed by atoms with E-state index in [9.17, 15) is 4.79 Å². The van der Waals surface area contributed by atoms with Crippen LogP contribution in [0.5, 0.6) is 5.75 Å². The molecule has 31 heavy (non-hydrogen) atoms. The second-order valence-electron chi connectivity index (χ2n) is 7.27. The summed E-state index contributed by atoms with van der Waals surface area (Å²) in [5.41, 5.74) is 2.37. The first kappa shape index (κ1) is 24.9. The van der Waals surface area contributed by atoms with Crippen LogP contribution >= 0.6 is 24.0 Å². The van der Waals surface area contributed by atoms with Gasteiger partial charge in [0.1, 0.15) is 5.75 Å². The van der Waals surface area contributed by atoms with Crippen molar-refractivity contribution >= 4 is 35.8 Å². The van der Waals surface area contributed by atoms with E-state index < -0.39 is 0 Å². The molecule has 1 heterocycles. The molecule has 0 aliphatic carbocycles. The van der Waals surface area contributed by atoms with Crippen molar-refractivity contribution in [2.24, 2.45) is 4.99 Å². The summed E-state index contributed by atoms with van der Waals surface area (Å²) in [4.78, 5) is 21.2. The zero-order valence-corrected chi connectivity index (χ0v) is 20.5. The number of ether oxygens (including phenoxy) is 1. The van der Waals surface area contributed by atoms with E-state index in [1.807, 2.05) is 30.3 Å². The van der Waals surface area contributed by atoms with E-state index in [1.54, 1.807) is 14.2 Å². The van der Waals surface area contributed by atoms with E-state index in [-0.39, 0.29) is 36.4 Å². The predicted octanol–water partition coefficient (Wildman–Crippen LogP) is 2.32. The summed E-state index contributed by atoms with van der Waals surface area (Å²) in [6.45, 7) is 5.38. The molecule has 1 aliphatic heterocycles. The Bertz CT molecular complexity index is 822. The largest absolute Gasteiger partial charge is 0.497 e. The zero-order chi connectivity index (χ0) is 21.2. The quantitative estimate of drug-likeness (QED) is 0.323. The smallest absolute Gasteiger partial charge is 0.239 e. The van der Waals surface area contributed by atoms with Gasteiger partial charge in [-0.25, -0.2) is 0 Å². The molecular formula is C23H32IN5O2. The summed E-state index contributed by atoms with van der Waals surface area (Å²) in [7, 11) is 3.40. The van der Waals surface area contributed by atoms with Crippen molar-refractivity contribution in [2.45, 2.75) is 13.1 Å². The highest BCUT2D eigenvalue weighted by Gasteiger charge is 2.20. The van der Waals surface area contributed by atoms with Crippen molar-refractivity contribution in [3.63, 3.8) is 0 Å². The third kappa shape index (κ3) is 8.02. The molecule has 8 heteroatoms. The average Bonchev–Trinajstić information content (AvgIpc) is 2.80. The van der Waals surface area contributed by atoms with Gasteiger partial charge >= 0.3 is 0 Å². The Hall–Kier alpha value is -2.33. The lowest BCUT2D eigenvalue weighted by atomic mass is 10.2. The van der Waals surface area contributed by atoms with Crippen molar-refractivity contribution in [1.82, 2.24) is 20.4 Å². The molecule has 1 aliphatic rings.